The highest BCUT2D eigenvalue weighted by molar-refractivity contribution is 9.10. The fraction of sp³-hybridized carbons (Fsp3) is 0.462. The van der Waals surface area contributed by atoms with Gasteiger partial charge in [0.2, 0.25) is 5.91 Å². The lowest BCUT2D eigenvalue weighted by atomic mass is 9.99. The molecule has 0 saturated carbocycles. The van der Waals surface area contributed by atoms with Crippen molar-refractivity contribution in [1.82, 2.24) is 5.32 Å². The molecule has 1 heterocycles. The van der Waals surface area contributed by atoms with E-state index >= 15 is 0 Å². The highest BCUT2D eigenvalue weighted by Crippen LogP contribution is 2.24. The van der Waals surface area contributed by atoms with Crippen molar-refractivity contribution in [2.45, 2.75) is 19.8 Å². The predicted molar refractivity (Wildman–Crippen MR) is 73.1 cm³/mol. The molecule has 0 bridgehead atoms. The predicted octanol–water partition coefficient (Wildman–Crippen LogP) is 2.70. The molecule has 0 aliphatic carbocycles. The fourth-order valence-electron chi connectivity index (χ4n) is 2.03. The summed E-state index contributed by atoms with van der Waals surface area (Å²) >= 11 is 3.47. The van der Waals surface area contributed by atoms with Gasteiger partial charge < -0.3 is 10.6 Å². The van der Waals surface area contributed by atoms with Crippen molar-refractivity contribution in [3.05, 3.63) is 28.2 Å². The van der Waals surface area contributed by atoms with Crippen molar-refractivity contribution >= 4 is 27.5 Å². The molecule has 1 aliphatic rings. The van der Waals surface area contributed by atoms with E-state index in [9.17, 15) is 4.79 Å². The van der Waals surface area contributed by atoms with Gasteiger partial charge in [0.25, 0.3) is 0 Å². The summed E-state index contributed by atoms with van der Waals surface area (Å²) in [6.07, 6.45) is 2.05. The van der Waals surface area contributed by atoms with Gasteiger partial charge in [-0.25, -0.2) is 0 Å². The first-order chi connectivity index (χ1) is 8.16. The molecule has 1 amide bonds. The average Bonchev–Trinajstić information content (AvgIpc) is 2.34. The number of amides is 1. The molecule has 2 N–H and O–H groups in total. The maximum atomic E-state index is 12.0. The van der Waals surface area contributed by atoms with Crippen LogP contribution in [0.1, 0.15) is 18.4 Å². The molecular formula is C13H17BrN2O. The summed E-state index contributed by atoms with van der Waals surface area (Å²) < 4.78 is 0.939. The standard InChI is InChI=1S/C13H17BrN2O/c1-9-4-5-12(11(14)7-9)16-13(17)10-3-2-6-15-8-10/h4-5,7,10,15H,2-3,6,8H2,1H3,(H,16,17). The van der Waals surface area contributed by atoms with Gasteiger partial charge in [-0.15, -0.1) is 0 Å². The van der Waals surface area contributed by atoms with Crippen LogP contribution in [0.2, 0.25) is 0 Å². The Morgan fingerprint density at radius 3 is 3.00 bits per heavy atom. The first-order valence-electron chi connectivity index (χ1n) is 5.94. The van der Waals surface area contributed by atoms with Crippen molar-refractivity contribution in [2.75, 3.05) is 18.4 Å². The molecule has 1 fully saturated rings. The highest BCUT2D eigenvalue weighted by atomic mass is 79.9. The number of rotatable bonds is 2. The normalized spacial score (nSPS) is 20.0. The van der Waals surface area contributed by atoms with Crippen LogP contribution in [0.25, 0.3) is 0 Å². The van der Waals surface area contributed by atoms with Crippen LogP contribution in [-0.2, 0) is 4.79 Å². The molecule has 1 saturated heterocycles. The summed E-state index contributed by atoms with van der Waals surface area (Å²) in [4.78, 5) is 12.0. The number of hydrogen-bond donors (Lipinski definition) is 2. The second-order valence-electron chi connectivity index (χ2n) is 4.52. The van der Waals surface area contributed by atoms with Crippen LogP contribution in [0, 0.1) is 12.8 Å². The molecule has 4 heteroatoms. The molecule has 3 nitrogen and oxygen atoms in total. The first-order valence-corrected chi connectivity index (χ1v) is 6.74. The molecule has 0 radical (unpaired) electrons. The summed E-state index contributed by atoms with van der Waals surface area (Å²) in [5.74, 6) is 0.207. The zero-order valence-electron chi connectivity index (χ0n) is 9.92. The molecule has 92 valence electrons. The molecule has 17 heavy (non-hydrogen) atoms. The van der Waals surface area contributed by atoms with E-state index < -0.39 is 0 Å². The SMILES string of the molecule is Cc1ccc(NC(=O)C2CCCNC2)c(Br)c1. The Morgan fingerprint density at radius 2 is 2.35 bits per heavy atom. The van der Waals surface area contributed by atoms with Gasteiger partial charge in [-0.3, -0.25) is 4.79 Å². The van der Waals surface area contributed by atoms with Crippen molar-refractivity contribution in [2.24, 2.45) is 5.92 Å². The second kappa shape index (κ2) is 5.65. The third kappa shape index (κ3) is 3.30. The number of carbonyl (C=O) groups is 1. The highest BCUT2D eigenvalue weighted by Gasteiger charge is 2.21. The molecule has 1 aromatic carbocycles. The fourth-order valence-corrected chi connectivity index (χ4v) is 2.62. The van der Waals surface area contributed by atoms with Crippen LogP contribution in [0.3, 0.4) is 0 Å². The lowest BCUT2D eigenvalue weighted by molar-refractivity contribution is -0.120. The van der Waals surface area contributed by atoms with E-state index in [0.29, 0.717) is 0 Å². The van der Waals surface area contributed by atoms with E-state index in [2.05, 4.69) is 26.6 Å². The monoisotopic (exact) mass is 296 g/mol. The van der Waals surface area contributed by atoms with Gasteiger partial charge in [-0.05, 0) is 59.9 Å². The zero-order valence-corrected chi connectivity index (χ0v) is 11.5. The molecule has 1 aliphatic heterocycles. The maximum Gasteiger partial charge on any atom is 0.228 e. The summed E-state index contributed by atoms with van der Waals surface area (Å²) in [7, 11) is 0. The lowest BCUT2D eigenvalue weighted by Gasteiger charge is -2.22. The van der Waals surface area contributed by atoms with Crippen LogP contribution in [0.4, 0.5) is 5.69 Å². The van der Waals surface area contributed by atoms with Gasteiger partial charge in [0, 0.05) is 11.0 Å². The van der Waals surface area contributed by atoms with Crippen LogP contribution >= 0.6 is 15.9 Å². The van der Waals surface area contributed by atoms with Gasteiger partial charge in [-0.1, -0.05) is 6.07 Å². The second-order valence-corrected chi connectivity index (χ2v) is 5.37. The number of anilines is 1. The minimum absolute atomic E-state index is 0.0944. The summed E-state index contributed by atoms with van der Waals surface area (Å²) in [6, 6.07) is 5.95. The minimum atomic E-state index is 0.0944. The molecule has 1 unspecified atom stereocenters. The topological polar surface area (TPSA) is 41.1 Å². The van der Waals surface area contributed by atoms with Gasteiger partial charge in [-0.2, -0.15) is 0 Å². The smallest absolute Gasteiger partial charge is 0.228 e. The first kappa shape index (κ1) is 12.6. The zero-order chi connectivity index (χ0) is 12.3. The van der Waals surface area contributed by atoms with Gasteiger partial charge in [0.1, 0.15) is 0 Å². The third-order valence-electron chi connectivity index (χ3n) is 3.05. The van der Waals surface area contributed by atoms with E-state index in [0.717, 1.165) is 36.1 Å². The lowest BCUT2D eigenvalue weighted by Crippen LogP contribution is -2.37. The molecule has 1 aromatic rings. The Morgan fingerprint density at radius 1 is 1.53 bits per heavy atom. The molecule has 0 aromatic heterocycles. The molecular weight excluding hydrogens is 280 g/mol. The number of halogens is 1. The number of piperidine rings is 1. The molecule has 2 rings (SSSR count). The van der Waals surface area contributed by atoms with E-state index in [-0.39, 0.29) is 11.8 Å². The molecule has 1 atom stereocenters. The van der Waals surface area contributed by atoms with Crippen LogP contribution < -0.4 is 10.6 Å². The van der Waals surface area contributed by atoms with Crippen molar-refractivity contribution < 1.29 is 4.79 Å². The van der Waals surface area contributed by atoms with Gasteiger partial charge in [0.15, 0.2) is 0 Å². The Kier molecular flexibility index (Phi) is 4.18. The van der Waals surface area contributed by atoms with E-state index in [1.807, 2.05) is 25.1 Å². The van der Waals surface area contributed by atoms with Gasteiger partial charge in [0.05, 0.1) is 11.6 Å². The van der Waals surface area contributed by atoms with Crippen molar-refractivity contribution in [3.63, 3.8) is 0 Å². The number of nitrogens with one attached hydrogen (secondary N) is 2. The maximum absolute atomic E-state index is 12.0. The Balaban J connectivity index is 2.02. The summed E-state index contributed by atoms with van der Waals surface area (Å²) in [6.45, 7) is 3.84. The quantitative estimate of drug-likeness (QED) is 0.881. The summed E-state index contributed by atoms with van der Waals surface area (Å²) in [5, 5.41) is 6.23. The van der Waals surface area contributed by atoms with Gasteiger partial charge >= 0.3 is 0 Å². The van der Waals surface area contributed by atoms with E-state index in [1.54, 1.807) is 0 Å². The number of aryl methyl sites for hydroxylation is 1. The number of carbonyl (C=O) groups excluding carboxylic acids is 1. The minimum Gasteiger partial charge on any atom is -0.325 e. The van der Waals surface area contributed by atoms with Crippen molar-refractivity contribution in [1.29, 1.82) is 0 Å². The Labute approximate surface area is 110 Å². The number of benzene rings is 1. The Bertz CT molecular complexity index is 414. The number of hydrogen-bond acceptors (Lipinski definition) is 2. The largest absolute Gasteiger partial charge is 0.325 e. The van der Waals surface area contributed by atoms with E-state index in [1.165, 1.54) is 5.56 Å². The summed E-state index contributed by atoms with van der Waals surface area (Å²) in [5.41, 5.74) is 2.03. The van der Waals surface area contributed by atoms with Crippen molar-refractivity contribution in [3.8, 4) is 0 Å². The third-order valence-corrected chi connectivity index (χ3v) is 3.71. The van der Waals surface area contributed by atoms with Crippen LogP contribution in [0.5, 0.6) is 0 Å². The van der Waals surface area contributed by atoms with Crippen LogP contribution in [-0.4, -0.2) is 19.0 Å². The van der Waals surface area contributed by atoms with Crippen LogP contribution in [0.15, 0.2) is 22.7 Å². The molecule has 0 spiro atoms. The Hall–Kier alpha value is -0.870. The van der Waals surface area contributed by atoms with E-state index in [4.69, 9.17) is 0 Å². The average molecular weight is 297 g/mol.